The first kappa shape index (κ1) is 13.8. The van der Waals surface area contributed by atoms with Crippen molar-refractivity contribution in [3.05, 3.63) is 34.9 Å². The molecule has 0 saturated carbocycles. The van der Waals surface area contributed by atoms with E-state index in [4.69, 9.17) is 5.11 Å². The lowest BCUT2D eigenvalue weighted by Gasteiger charge is -2.04. The summed E-state index contributed by atoms with van der Waals surface area (Å²) in [4.78, 5) is 21.9. The Balaban J connectivity index is 3.05. The van der Waals surface area contributed by atoms with Gasteiger partial charge >= 0.3 is 5.97 Å². The topological polar surface area (TPSA) is 86.6 Å². The van der Waals surface area contributed by atoms with Crippen LogP contribution < -0.4 is 5.32 Å². The largest absolute Gasteiger partial charge is 0.508 e. The van der Waals surface area contributed by atoms with Gasteiger partial charge in [0.05, 0.1) is 6.42 Å². The number of phenols is 1. The summed E-state index contributed by atoms with van der Waals surface area (Å²) in [7, 11) is 1.53. The lowest BCUT2D eigenvalue weighted by molar-refractivity contribution is -0.136. The number of benzene rings is 1. The molecule has 3 N–H and O–H groups in total. The number of phenolic OH excluding ortho intramolecular Hbond substituents is 1. The number of aromatic hydroxyl groups is 1. The van der Waals surface area contributed by atoms with Crippen molar-refractivity contribution in [2.75, 3.05) is 7.05 Å². The van der Waals surface area contributed by atoms with Crippen molar-refractivity contribution in [2.24, 2.45) is 0 Å². The first-order valence-corrected chi connectivity index (χ1v) is 5.38. The first-order valence-electron chi connectivity index (χ1n) is 5.38. The average Bonchev–Trinajstić information content (AvgIpc) is 2.31. The van der Waals surface area contributed by atoms with E-state index in [1.54, 1.807) is 25.1 Å². The first-order chi connectivity index (χ1) is 8.43. The third-order valence-corrected chi connectivity index (χ3v) is 2.41. The van der Waals surface area contributed by atoms with Gasteiger partial charge in [0.25, 0.3) is 0 Å². The molecule has 0 aliphatic heterocycles. The van der Waals surface area contributed by atoms with Crippen LogP contribution in [0.5, 0.6) is 5.75 Å². The highest BCUT2D eigenvalue weighted by Crippen LogP contribution is 2.20. The molecule has 0 heterocycles. The molecule has 0 radical (unpaired) electrons. The predicted molar refractivity (Wildman–Crippen MR) is 67.2 cm³/mol. The summed E-state index contributed by atoms with van der Waals surface area (Å²) < 4.78 is 0. The summed E-state index contributed by atoms with van der Waals surface area (Å²) in [6.07, 6.45) is 1.37. The van der Waals surface area contributed by atoms with Crippen molar-refractivity contribution in [2.45, 2.75) is 13.3 Å². The summed E-state index contributed by atoms with van der Waals surface area (Å²) in [5.41, 5.74) is 1.50. The van der Waals surface area contributed by atoms with Crippen LogP contribution in [0.25, 0.3) is 6.08 Å². The Labute approximate surface area is 105 Å². The van der Waals surface area contributed by atoms with Gasteiger partial charge in [-0.05, 0) is 30.7 Å². The molecule has 1 aromatic rings. The summed E-state index contributed by atoms with van der Waals surface area (Å²) in [5.74, 6) is -1.29. The van der Waals surface area contributed by atoms with Crippen LogP contribution in [-0.2, 0) is 16.0 Å². The fraction of sp³-hybridized carbons (Fsp3) is 0.231. The van der Waals surface area contributed by atoms with Crippen LogP contribution in [0.4, 0.5) is 0 Å². The van der Waals surface area contributed by atoms with Gasteiger partial charge in [0.15, 0.2) is 0 Å². The normalized spacial score (nSPS) is 11.1. The molecule has 1 amide bonds. The second-order valence-electron chi connectivity index (χ2n) is 3.87. The molecule has 0 aliphatic rings. The van der Waals surface area contributed by atoms with E-state index in [9.17, 15) is 14.7 Å². The molecule has 1 aromatic carbocycles. The van der Waals surface area contributed by atoms with Gasteiger partial charge in [-0.2, -0.15) is 0 Å². The number of hydrogen-bond acceptors (Lipinski definition) is 3. The van der Waals surface area contributed by atoms with Gasteiger partial charge in [-0.15, -0.1) is 0 Å². The number of carboxylic acids is 1. The van der Waals surface area contributed by atoms with Crippen LogP contribution in [-0.4, -0.2) is 29.1 Å². The molecule has 0 fully saturated rings. The highest BCUT2D eigenvalue weighted by molar-refractivity contribution is 5.97. The molecule has 18 heavy (non-hydrogen) atoms. The van der Waals surface area contributed by atoms with Crippen LogP contribution in [0.3, 0.4) is 0 Å². The Morgan fingerprint density at radius 3 is 2.61 bits per heavy atom. The van der Waals surface area contributed by atoms with E-state index >= 15 is 0 Å². The molecule has 0 aromatic heterocycles. The summed E-state index contributed by atoms with van der Waals surface area (Å²) in [6, 6.07) is 4.59. The SMILES string of the molecule is CNC(=O)C(C)=Cc1ccc(O)c(CC(=O)O)c1. The van der Waals surface area contributed by atoms with E-state index in [0.29, 0.717) is 16.7 Å². The molecule has 5 heteroatoms. The smallest absolute Gasteiger partial charge is 0.307 e. The van der Waals surface area contributed by atoms with Crippen LogP contribution in [0.1, 0.15) is 18.1 Å². The van der Waals surface area contributed by atoms with Gasteiger partial charge in [0, 0.05) is 18.2 Å². The molecule has 96 valence electrons. The number of carboxylic acid groups (broad SMARTS) is 1. The molecule has 0 aliphatic carbocycles. The number of carbonyl (C=O) groups is 2. The summed E-state index contributed by atoms with van der Waals surface area (Å²) in [5, 5.41) is 20.7. The average molecular weight is 249 g/mol. The minimum atomic E-state index is -1.02. The van der Waals surface area contributed by atoms with Gasteiger partial charge in [-0.1, -0.05) is 6.07 Å². The third-order valence-electron chi connectivity index (χ3n) is 2.41. The number of aliphatic carboxylic acids is 1. The molecule has 0 saturated heterocycles. The Morgan fingerprint density at radius 1 is 1.39 bits per heavy atom. The lowest BCUT2D eigenvalue weighted by Crippen LogP contribution is -2.18. The Bertz CT molecular complexity index is 506. The van der Waals surface area contributed by atoms with E-state index in [0.717, 1.165) is 0 Å². The molecule has 0 bridgehead atoms. The minimum Gasteiger partial charge on any atom is -0.508 e. The van der Waals surface area contributed by atoms with Gasteiger partial charge in [0.1, 0.15) is 5.75 Å². The summed E-state index contributed by atoms with van der Waals surface area (Å²) >= 11 is 0. The number of nitrogens with one attached hydrogen (secondary N) is 1. The molecule has 0 unspecified atom stereocenters. The standard InChI is InChI=1S/C13H15NO4/c1-8(13(18)14-2)5-9-3-4-11(15)10(6-9)7-12(16)17/h3-6,15H,7H2,1-2H3,(H,14,18)(H,16,17). The fourth-order valence-electron chi connectivity index (χ4n) is 1.51. The zero-order valence-corrected chi connectivity index (χ0v) is 10.2. The van der Waals surface area contributed by atoms with Crippen molar-refractivity contribution >= 4 is 18.0 Å². The van der Waals surface area contributed by atoms with Crippen LogP contribution in [0.15, 0.2) is 23.8 Å². The number of carbonyl (C=O) groups excluding carboxylic acids is 1. The van der Waals surface area contributed by atoms with E-state index in [1.807, 2.05) is 0 Å². The van der Waals surface area contributed by atoms with Crippen molar-refractivity contribution in [3.8, 4) is 5.75 Å². The zero-order valence-electron chi connectivity index (χ0n) is 10.2. The number of rotatable bonds is 4. The lowest BCUT2D eigenvalue weighted by atomic mass is 10.0. The predicted octanol–water partition coefficient (Wildman–Crippen LogP) is 1.17. The molecule has 0 atom stereocenters. The van der Waals surface area contributed by atoms with Gasteiger partial charge in [0.2, 0.25) is 5.91 Å². The van der Waals surface area contributed by atoms with Gasteiger partial charge < -0.3 is 15.5 Å². The maximum Gasteiger partial charge on any atom is 0.307 e. The van der Waals surface area contributed by atoms with E-state index < -0.39 is 5.97 Å². The Hall–Kier alpha value is -2.30. The fourth-order valence-corrected chi connectivity index (χ4v) is 1.51. The van der Waals surface area contributed by atoms with Gasteiger partial charge in [-0.3, -0.25) is 9.59 Å². The Morgan fingerprint density at radius 2 is 2.06 bits per heavy atom. The molecular weight excluding hydrogens is 234 g/mol. The highest BCUT2D eigenvalue weighted by atomic mass is 16.4. The second kappa shape index (κ2) is 5.86. The van der Waals surface area contributed by atoms with Crippen molar-refractivity contribution in [3.63, 3.8) is 0 Å². The maximum absolute atomic E-state index is 11.3. The minimum absolute atomic E-state index is 0.0628. The van der Waals surface area contributed by atoms with Crippen LogP contribution >= 0.6 is 0 Å². The van der Waals surface area contributed by atoms with E-state index in [-0.39, 0.29) is 18.1 Å². The number of hydrogen-bond donors (Lipinski definition) is 3. The summed E-state index contributed by atoms with van der Waals surface area (Å²) in [6.45, 7) is 1.66. The Kier molecular flexibility index (Phi) is 4.48. The monoisotopic (exact) mass is 249 g/mol. The van der Waals surface area contributed by atoms with E-state index in [1.165, 1.54) is 13.1 Å². The highest BCUT2D eigenvalue weighted by Gasteiger charge is 2.07. The van der Waals surface area contributed by atoms with Crippen molar-refractivity contribution < 1.29 is 19.8 Å². The quantitative estimate of drug-likeness (QED) is 0.699. The van der Waals surface area contributed by atoms with Crippen LogP contribution in [0.2, 0.25) is 0 Å². The van der Waals surface area contributed by atoms with Crippen molar-refractivity contribution in [1.29, 1.82) is 0 Å². The third kappa shape index (κ3) is 3.62. The maximum atomic E-state index is 11.3. The molecule has 5 nitrogen and oxygen atoms in total. The number of likely N-dealkylation sites (N-methyl/N-ethyl adjacent to an activating group) is 1. The second-order valence-corrected chi connectivity index (χ2v) is 3.87. The van der Waals surface area contributed by atoms with E-state index in [2.05, 4.69) is 5.32 Å². The van der Waals surface area contributed by atoms with Crippen molar-refractivity contribution in [1.82, 2.24) is 5.32 Å². The zero-order chi connectivity index (χ0) is 13.7. The van der Waals surface area contributed by atoms with Gasteiger partial charge in [-0.25, -0.2) is 0 Å². The van der Waals surface area contributed by atoms with Crippen LogP contribution in [0, 0.1) is 0 Å². The molecular formula is C13H15NO4. The molecule has 1 rings (SSSR count). The number of amides is 1. The molecule has 0 spiro atoms.